The molecule has 4 rings (SSSR count). The van der Waals surface area contributed by atoms with Crippen LogP contribution in [0.5, 0.6) is 0 Å². The van der Waals surface area contributed by atoms with E-state index >= 15 is 0 Å². The molecule has 0 bridgehead atoms. The van der Waals surface area contributed by atoms with Crippen molar-refractivity contribution in [2.45, 2.75) is 18.9 Å². The fourth-order valence-electron chi connectivity index (χ4n) is 2.74. The fraction of sp³-hybridized carbons (Fsp3) is 0.250. The van der Waals surface area contributed by atoms with Crippen molar-refractivity contribution in [2.24, 2.45) is 0 Å². The van der Waals surface area contributed by atoms with E-state index in [2.05, 4.69) is 27.5 Å². The zero-order valence-corrected chi connectivity index (χ0v) is 12.3. The monoisotopic (exact) mass is 297 g/mol. The first-order chi connectivity index (χ1) is 10.3. The topological polar surface area (TPSA) is 61.0 Å². The number of rotatable bonds is 2. The van der Waals surface area contributed by atoms with Gasteiger partial charge in [0.05, 0.1) is 5.39 Å². The van der Waals surface area contributed by atoms with Crippen LogP contribution < -0.4 is 5.73 Å². The molecule has 0 amide bonds. The van der Waals surface area contributed by atoms with E-state index in [-0.39, 0.29) is 6.10 Å². The molecule has 1 fully saturated rings. The Hall–Kier alpha value is -1.98. The first-order valence-electron chi connectivity index (χ1n) is 7.04. The highest BCUT2D eigenvalue weighted by Crippen LogP contribution is 2.37. The molecule has 0 aliphatic carbocycles. The number of nitrogens with zero attached hydrogens (tertiary/aromatic N) is 2. The van der Waals surface area contributed by atoms with Gasteiger partial charge in [0, 0.05) is 17.6 Å². The minimum atomic E-state index is -0.000949. The Kier molecular flexibility index (Phi) is 3.09. The smallest absolute Gasteiger partial charge is 0.161 e. The Morgan fingerprint density at radius 1 is 1.19 bits per heavy atom. The number of aromatic nitrogens is 2. The number of benzene rings is 1. The lowest BCUT2D eigenvalue weighted by Crippen LogP contribution is -2.05. The first kappa shape index (κ1) is 12.7. The molecular formula is C16H15N3OS. The van der Waals surface area contributed by atoms with E-state index < -0.39 is 0 Å². The molecule has 106 valence electrons. The summed E-state index contributed by atoms with van der Waals surface area (Å²) in [7, 11) is 0. The molecule has 1 unspecified atom stereocenters. The Balaban J connectivity index is 1.85. The van der Waals surface area contributed by atoms with Gasteiger partial charge in [-0.3, -0.25) is 0 Å². The van der Waals surface area contributed by atoms with Crippen LogP contribution in [0.4, 0.5) is 5.82 Å². The van der Waals surface area contributed by atoms with Gasteiger partial charge in [-0.05, 0) is 18.4 Å². The Bertz CT molecular complexity index is 779. The summed E-state index contributed by atoms with van der Waals surface area (Å²) in [6.07, 6.45) is 2.03. The second-order valence-electron chi connectivity index (χ2n) is 5.16. The molecule has 1 aliphatic heterocycles. The summed E-state index contributed by atoms with van der Waals surface area (Å²) in [5, 5.41) is 3.05. The summed E-state index contributed by atoms with van der Waals surface area (Å²) < 4.78 is 5.66. The third kappa shape index (κ3) is 2.18. The number of hydrogen-bond donors (Lipinski definition) is 1. The van der Waals surface area contributed by atoms with Crippen LogP contribution in [0.3, 0.4) is 0 Å². The van der Waals surface area contributed by atoms with E-state index in [1.807, 2.05) is 18.2 Å². The molecule has 5 heteroatoms. The second kappa shape index (κ2) is 5.09. The van der Waals surface area contributed by atoms with E-state index in [0.29, 0.717) is 5.82 Å². The van der Waals surface area contributed by atoms with Crippen molar-refractivity contribution in [3.8, 4) is 11.1 Å². The lowest BCUT2D eigenvalue weighted by Gasteiger charge is -2.09. The third-order valence-corrected chi connectivity index (χ3v) is 4.65. The van der Waals surface area contributed by atoms with Gasteiger partial charge in [-0.2, -0.15) is 0 Å². The molecule has 1 aromatic carbocycles. The van der Waals surface area contributed by atoms with Gasteiger partial charge in [-0.1, -0.05) is 30.3 Å². The lowest BCUT2D eigenvalue weighted by molar-refractivity contribution is 0.105. The van der Waals surface area contributed by atoms with Crippen LogP contribution in [0, 0.1) is 0 Å². The SMILES string of the molecule is Nc1nc(C2CCCO2)nc2scc(-c3ccccc3)c12. The summed E-state index contributed by atoms with van der Waals surface area (Å²) in [5.74, 6) is 1.27. The second-order valence-corrected chi connectivity index (χ2v) is 6.02. The summed E-state index contributed by atoms with van der Waals surface area (Å²) in [6, 6.07) is 10.2. The quantitative estimate of drug-likeness (QED) is 0.781. The average Bonchev–Trinajstić information content (AvgIpc) is 3.17. The maximum Gasteiger partial charge on any atom is 0.161 e. The van der Waals surface area contributed by atoms with Crippen molar-refractivity contribution in [1.29, 1.82) is 0 Å². The minimum absolute atomic E-state index is 0.000949. The lowest BCUT2D eigenvalue weighted by atomic mass is 10.1. The fourth-order valence-corrected chi connectivity index (χ4v) is 3.70. The van der Waals surface area contributed by atoms with Gasteiger partial charge in [0.25, 0.3) is 0 Å². The van der Waals surface area contributed by atoms with E-state index in [4.69, 9.17) is 10.5 Å². The van der Waals surface area contributed by atoms with Gasteiger partial charge in [0.2, 0.25) is 0 Å². The molecule has 2 N–H and O–H groups in total. The van der Waals surface area contributed by atoms with Crippen molar-refractivity contribution < 1.29 is 4.74 Å². The van der Waals surface area contributed by atoms with Gasteiger partial charge in [-0.25, -0.2) is 9.97 Å². The summed E-state index contributed by atoms with van der Waals surface area (Å²) in [6.45, 7) is 0.783. The number of fused-ring (bicyclic) bond motifs is 1. The zero-order chi connectivity index (χ0) is 14.2. The number of anilines is 1. The number of hydrogen-bond acceptors (Lipinski definition) is 5. The molecule has 1 atom stereocenters. The molecule has 3 heterocycles. The van der Waals surface area contributed by atoms with E-state index in [0.717, 1.165) is 46.6 Å². The first-order valence-corrected chi connectivity index (χ1v) is 7.92. The molecule has 0 saturated carbocycles. The Labute approximate surface area is 126 Å². The van der Waals surface area contributed by atoms with Crippen LogP contribution >= 0.6 is 11.3 Å². The van der Waals surface area contributed by atoms with E-state index in [9.17, 15) is 0 Å². The molecule has 2 aromatic heterocycles. The highest BCUT2D eigenvalue weighted by Gasteiger charge is 2.23. The van der Waals surface area contributed by atoms with Crippen molar-refractivity contribution in [3.05, 3.63) is 41.5 Å². The standard InChI is InChI=1S/C16H15N3OS/c17-14-13-11(10-5-2-1-3-6-10)9-21-16(13)19-15(18-14)12-7-4-8-20-12/h1-3,5-6,9,12H,4,7-8H2,(H2,17,18,19). The number of nitrogens with two attached hydrogens (primary N) is 1. The Morgan fingerprint density at radius 2 is 2.05 bits per heavy atom. The van der Waals surface area contributed by atoms with Crippen molar-refractivity contribution in [1.82, 2.24) is 9.97 Å². The number of thiophene rings is 1. The van der Waals surface area contributed by atoms with Crippen LogP contribution in [-0.4, -0.2) is 16.6 Å². The van der Waals surface area contributed by atoms with Crippen molar-refractivity contribution >= 4 is 27.4 Å². The molecule has 0 radical (unpaired) electrons. The molecule has 0 spiro atoms. The van der Waals surface area contributed by atoms with E-state index in [1.165, 1.54) is 0 Å². The van der Waals surface area contributed by atoms with Crippen LogP contribution in [0.2, 0.25) is 0 Å². The van der Waals surface area contributed by atoms with Crippen molar-refractivity contribution in [3.63, 3.8) is 0 Å². The van der Waals surface area contributed by atoms with Crippen LogP contribution in [0.25, 0.3) is 21.3 Å². The molecule has 1 aliphatic rings. The van der Waals surface area contributed by atoms with Crippen molar-refractivity contribution in [2.75, 3.05) is 12.3 Å². The maximum absolute atomic E-state index is 6.21. The van der Waals surface area contributed by atoms with Gasteiger partial charge in [-0.15, -0.1) is 11.3 Å². The van der Waals surface area contributed by atoms with Gasteiger partial charge in [0.1, 0.15) is 16.8 Å². The maximum atomic E-state index is 6.21. The van der Waals surface area contributed by atoms with Gasteiger partial charge >= 0.3 is 0 Å². The van der Waals surface area contributed by atoms with Crippen LogP contribution in [-0.2, 0) is 4.74 Å². The molecule has 21 heavy (non-hydrogen) atoms. The third-order valence-electron chi connectivity index (χ3n) is 3.78. The van der Waals surface area contributed by atoms with Crippen LogP contribution in [0.1, 0.15) is 24.8 Å². The summed E-state index contributed by atoms with van der Waals surface area (Å²) in [5.41, 5.74) is 8.45. The van der Waals surface area contributed by atoms with Crippen LogP contribution in [0.15, 0.2) is 35.7 Å². The van der Waals surface area contributed by atoms with Gasteiger partial charge < -0.3 is 10.5 Å². The Morgan fingerprint density at radius 3 is 2.81 bits per heavy atom. The molecule has 4 nitrogen and oxygen atoms in total. The summed E-state index contributed by atoms with van der Waals surface area (Å²) in [4.78, 5) is 10.1. The normalized spacial score (nSPS) is 18.4. The van der Waals surface area contributed by atoms with Gasteiger partial charge in [0.15, 0.2) is 5.82 Å². The predicted molar refractivity (Wildman–Crippen MR) is 85.2 cm³/mol. The average molecular weight is 297 g/mol. The minimum Gasteiger partial charge on any atom is -0.383 e. The highest BCUT2D eigenvalue weighted by molar-refractivity contribution is 7.17. The van der Waals surface area contributed by atoms with E-state index in [1.54, 1.807) is 11.3 Å². The number of nitrogen functional groups attached to an aromatic ring is 1. The molecule has 3 aromatic rings. The predicted octanol–water partition coefficient (Wildman–Crippen LogP) is 3.79. The molecular weight excluding hydrogens is 282 g/mol. The highest BCUT2D eigenvalue weighted by atomic mass is 32.1. The largest absolute Gasteiger partial charge is 0.383 e. The summed E-state index contributed by atoms with van der Waals surface area (Å²) >= 11 is 1.61. The number of ether oxygens (including phenoxy) is 1. The molecule has 1 saturated heterocycles. The zero-order valence-electron chi connectivity index (χ0n) is 11.5.